The van der Waals surface area contributed by atoms with Gasteiger partial charge in [0, 0.05) is 36.7 Å². The lowest BCUT2D eigenvalue weighted by Crippen LogP contribution is -2.26. The number of ether oxygens (including phenoxy) is 1. The predicted octanol–water partition coefficient (Wildman–Crippen LogP) is 4.91. The molecule has 1 saturated carbocycles. The van der Waals surface area contributed by atoms with Gasteiger partial charge in [-0.2, -0.15) is 10.2 Å². The molecule has 3 heterocycles. The second-order valence-corrected chi connectivity index (χ2v) is 9.85. The summed E-state index contributed by atoms with van der Waals surface area (Å²) in [6.07, 6.45) is -1.55. The normalized spacial score (nSPS) is 21.1. The van der Waals surface area contributed by atoms with Crippen molar-refractivity contribution in [2.75, 3.05) is 25.5 Å². The number of nitriles is 1. The maximum Gasteiger partial charge on any atom is 0.266 e. The van der Waals surface area contributed by atoms with Gasteiger partial charge in [-0.05, 0) is 32.9 Å². The van der Waals surface area contributed by atoms with Gasteiger partial charge in [0.25, 0.3) is 6.43 Å². The molecule has 1 aliphatic carbocycles. The number of hydrogen-bond acceptors (Lipinski definition) is 7. The number of hydrogen-bond donors (Lipinski definition) is 1. The van der Waals surface area contributed by atoms with Crippen LogP contribution in [0.3, 0.4) is 0 Å². The van der Waals surface area contributed by atoms with E-state index in [2.05, 4.69) is 33.2 Å². The maximum atomic E-state index is 14.6. The maximum absolute atomic E-state index is 14.6. The van der Waals surface area contributed by atoms with E-state index in [1.165, 1.54) is 12.1 Å². The number of benzene rings is 1. The molecule has 188 valence electrons. The van der Waals surface area contributed by atoms with Crippen LogP contribution in [0.4, 0.5) is 19.0 Å². The molecule has 2 aliphatic rings. The number of rotatable bonds is 7. The predicted molar refractivity (Wildman–Crippen MR) is 128 cm³/mol. The van der Waals surface area contributed by atoms with Crippen LogP contribution in [0, 0.1) is 30.0 Å². The highest BCUT2D eigenvalue weighted by atomic mass is 19.3. The van der Waals surface area contributed by atoms with Gasteiger partial charge in [-0.1, -0.05) is 25.1 Å². The fourth-order valence-electron chi connectivity index (χ4n) is 4.83. The Bertz CT molecular complexity index is 1350. The van der Waals surface area contributed by atoms with Gasteiger partial charge in [-0.15, -0.1) is 0 Å². The first-order valence-corrected chi connectivity index (χ1v) is 12.0. The number of nitrogens with one attached hydrogen (secondary N) is 1. The number of likely N-dealkylation sites (N-methyl/N-ethyl adjacent to an activating group) is 1. The van der Waals surface area contributed by atoms with Gasteiger partial charge in [-0.25, -0.2) is 23.1 Å². The third kappa shape index (κ3) is 4.44. The Balaban J connectivity index is 1.53. The molecule has 7 nitrogen and oxygen atoms in total. The van der Waals surface area contributed by atoms with Gasteiger partial charge in [0.2, 0.25) is 5.88 Å². The first kappa shape index (κ1) is 24.3. The molecule has 1 aliphatic heterocycles. The summed E-state index contributed by atoms with van der Waals surface area (Å²) in [7, 11) is 2.04. The van der Waals surface area contributed by atoms with Gasteiger partial charge >= 0.3 is 0 Å². The molecule has 36 heavy (non-hydrogen) atoms. The highest BCUT2D eigenvalue weighted by molar-refractivity contribution is 5.88. The lowest BCUT2D eigenvalue weighted by molar-refractivity contribution is 0.146. The highest BCUT2D eigenvalue weighted by Crippen LogP contribution is 2.51. The van der Waals surface area contributed by atoms with Crippen LogP contribution < -0.4 is 10.1 Å². The molecule has 10 heteroatoms. The van der Waals surface area contributed by atoms with E-state index in [0.29, 0.717) is 52.9 Å². The molecule has 0 bridgehead atoms. The summed E-state index contributed by atoms with van der Waals surface area (Å²) in [5.41, 5.74) is -0.135. The number of halogens is 3. The minimum Gasteiger partial charge on any atom is -0.472 e. The fraction of sp³-hybridized carbons (Fsp3) is 0.462. The first-order valence-electron chi connectivity index (χ1n) is 12.0. The number of pyridine rings is 1. The van der Waals surface area contributed by atoms with E-state index >= 15 is 0 Å². The van der Waals surface area contributed by atoms with E-state index in [4.69, 9.17) is 9.72 Å². The Labute approximate surface area is 207 Å². The topological polar surface area (TPSA) is 87.0 Å². The van der Waals surface area contributed by atoms with Gasteiger partial charge in [0.05, 0.1) is 22.4 Å². The second kappa shape index (κ2) is 9.21. The Morgan fingerprint density at radius 2 is 2.03 bits per heavy atom. The number of aryl methyl sites for hydroxylation is 1. The Hall–Kier alpha value is -3.45. The lowest BCUT2D eigenvalue weighted by Gasteiger charge is -2.21. The Kier molecular flexibility index (Phi) is 6.20. The molecule has 2 fully saturated rings. The number of alkyl halides is 2. The van der Waals surface area contributed by atoms with Gasteiger partial charge in [0.15, 0.2) is 5.65 Å². The minimum atomic E-state index is -2.90. The summed E-state index contributed by atoms with van der Waals surface area (Å²) in [6.45, 7) is 5.46. The van der Waals surface area contributed by atoms with E-state index < -0.39 is 23.2 Å². The molecule has 1 N–H and O–H groups in total. The summed E-state index contributed by atoms with van der Waals surface area (Å²) < 4.78 is 47.2. The average molecular weight is 497 g/mol. The highest BCUT2D eigenvalue weighted by Gasteiger charge is 2.48. The zero-order valence-corrected chi connectivity index (χ0v) is 20.4. The number of likely N-dealkylation sites (tertiary alicyclic amines) is 1. The molecule has 1 saturated heterocycles. The Morgan fingerprint density at radius 1 is 1.25 bits per heavy atom. The monoisotopic (exact) mass is 496 g/mol. The van der Waals surface area contributed by atoms with Gasteiger partial charge in [-0.3, -0.25) is 0 Å². The van der Waals surface area contributed by atoms with Crippen LogP contribution >= 0.6 is 0 Å². The summed E-state index contributed by atoms with van der Waals surface area (Å²) >= 11 is 0. The van der Waals surface area contributed by atoms with E-state index in [1.807, 2.05) is 13.1 Å². The van der Waals surface area contributed by atoms with Gasteiger partial charge < -0.3 is 15.0 Å². The molecular formula is C26H27F3N6O. The molecule has 1 aromatic carbocycles. The van der Waals surface area contributed by atoms with Crippen molar-refractivity contribution >= 4 is 16.9 Å². The van der Waals surface area contributed by atoms with Gasteiger partial charge in [0.1, 0.15) is 23.6 Å². The smallest absolute Gasteiger partial charge is 0.266 e. The molecule has 2 atom stereocenters. The summed E-state index contributed by atoms with van der Waals surface area (Å²) in [6, 6.07) is 8.19. The van der Waals surface area contributed by atoms with Crippen LogP contribution in [0.2, 0.25) is 0 Å². The quantitative estimate of drug-likeness (QED) is 0.498. The van der Waals surface area contributed by atoms with Crippen LogP contribution in [0.5, 0.6) is 5.88 Å². The van der Waals surface area contributed by atoms with Crippen molar-refractivity contribution in [1.82, 2.24) is 19.9 Å². The van der Waals surface area contributed by atoms with Crippen molar-refractivity contribution in [1.29, 1.82) is 5.26 Å². The molecule has 3 aromatic rings. The standard InChI is InChI=1S/C26H27F3N6O/c1-14-11-35(3)12-20(14)36-25-19(26(13-30)7-8-26)9-18-23(32-15(2)33-24(18)34-25)31-10-16-5-4-6-17(21(16)27)22(28)29/h4-6,9,14,20,22H,7-8,10-12H2,1-3H3,(H,31,32,33,34). The summed E-state index contributed by atoms with van der Waals surface area (Å²) in [4.78, 5) is 15.9. The Morgan fingerprint density at radius 3 is 2.67 bits per heavy atom. The largest absolute Gasteiger partial charge is 0.472 e. The van der Waals surface area contributed by atoms with E-state index in [9.17, 15) is 18.4 Å². The van der Waals surface area contributed by atoms with Crippen molar-refractivity contribution in [2.24, 2.45) is 5.92 Å². The molecule has 0 radical (unpaired) electrons. The minimum absolute atomic E-state index is 0.0547. The van der Waals surface area contributed by atoms with Crippen molar-refractivity contribution < 1.29 is 17.9 Å². The van der Waals surface area contributed by atoms with Crippen LogP contribution in [-0.4, -0.2) is 46.1 Å². The zero-order chi connectivity index (χ0) is 25.6. The second-order valence-electron chi connectivity index (χ2n) is 9.85. The van der Waals surface area contributed by atoms with Crippen molar-refractivity contribution in [3.63, 3.8) is 0 Å². The van der Waals surface area contributed by atoms with Crippen LogP contribution in [0.25, 0.3) is 11.0 Å². The summed E-state index contributed by atoms with van der Waals surface area (Å²) in [5, 5.41) is 13.6. The molecule has 0 amide bonds. The van der Waals surface area contributed by atoms with E-state index in [1.54, 1.807) is 6.92 Å². The summed E-state index contributed by atoms with van der Waals surface area (Å²) in [5.74, 6) is 0.603. The van der Waals surface area contributed by atoms with E-state index in [-0.39, 0.29) is 18.2 Å². The zero-order valence-electron chi connectivity index (χ0n) is 20.4. The number of aromatic nitrogens is 3. The number of fused-ring (bicyclic) bond motifs is 1. The third-order valence-electron chi connectivity index (χ3n) is 7.02. The fourth-order valence-corrected chi connectivity index (χ4v) is 4.83. The van der Waals surface area contributed by atoms with Crippen molar-refractivity contribution in [3.8, 4) is 11.9 Å². The van der Waals surface area contributed by atoms with Crippen LogP contribution in [0.1, 0.15) is 48.7 Å². The number of anilines is 1. The molecule has 2 unspecified atom stereocenters. The average Bonchev–Trinajstić information content (AvgIpc) is 3.56. The first-order chi connectivity index (χ1) is 17.2. The molecule has 0 spiro atoms. The van der Waals surface area contributed by atoms with Crippen LogP contribution in [0.15, 0.2) is 24.3 Å². The number of nitrogens with zero attached hydrogens (tertiary/aromatic N) is 5. The van der Waals surface area contributed by atoms with E-state index in [0.717, 1.165) is 19.2 Å². The molecule has 5 rings (SSSR count). The third-order valence-corrected chi connectivity index (χ3v) is 7.02. The molecular weight excluding hydrogens is 469 g/mol. The van der Waals surface area contributed by atoms with Crippen molar-refractivity contribution in [2.45, 2.75) is 51.2 Å². The lowest BCUT2D eigenvalue weighted by atomic mass is 9.97. The SMILES string of the molecule is Cc1nc(NCc2cccc(C(F)F)c2F)c2cc(C3(C#N)CC3)c(OC3CN(C)CC3C)nc2n1. The molecule has 2 aromatic heterocycles. The van der Waals surface area contributed by atoms with Crippen LogP contribution in [-0.2, 0) is 12.0 Å². The van der Waals surface area contributed by atoms with Crippen molar-refractivity contribution in [3.05, 3.63) is 52.6 Å².